The molecule has 1 aliphatic heterocycles. The second-order valence-corrected chi connectivity index (χ2v) is 12.4. The fourth-order valence-electron chi connectivity index (χ4n) is 5.94. The molecular formula is C36H48N10O7. The highest BCUT2D eigenvalue weighted by molar-refractivity contribution is 6.04. The number of anilines is 3. The quantitative estimate of drug-likeness (QED) is 0.0462. The molecule has 3 amide bonds. The van der Waals surface area contributed by atoms with Gasteiger partial charge in [-0.3, -0.25) is 29.3 Å². The van der Waals surface area contributed by atoms with E-state index in [4.69, 9.17) is 31.4 Å². The van der Waals surface area contributed by atoms with Gasteiger partial charge in [0.1, 0.15) is 28.4 Å². The molecule has 0 saturated carbocycles. The van der Waals surface area contributed by atoms with Gasteiger partial charge in [0.05, 0.1) is 43.3 Å². The predicted octanol–water partition coefficient (Wildman–Crippen LogP) is 2.12. The number of nitrogens with one attached hydrogen (secondary N) is 2. The number of nitrogens with zero attached hydrogens (tertiary/aromatic N) is 5. The molecule has 0 unspecified atom stereocenters. The topological polar surface area (TPSA) is 240 Å². The van der Waals surface area contributed by atoms with Crippen LogP contribution in [0.15, 0.2) is 42.5 Å². The van der Waals surface area contributed by atoms with Gasteiger partial charge in [-0.25, -0.2) is 4.98 Å². The number of aliphatic hydroxyl groups excluding tert-OH is 1. The average Bonchev–Trinajstić information content (AvgIpc) is 3.70. The molecule has 4 aromatic rings. The van der Waals surface area contributed by atoms with Crippen LogP contribution >= 0.6 is 0 Å². The smallest absolute Gasteiger partial charge is 0.276 e. The number of carbonyl (C=O) groups is 3. The van der Waals surface area contributed by atoms with Gasteiger partial charge in [-0.2, -0.15) is 5.10 Å². The lowest BCUT2D eigenvalue weighted by Crippen LogP contribution is -2.37. The van der Waals surface area contributed by atoms with Crippen molar-refractivity contribution in [1.82, 2.24) is 24.2 Å². The van der Waals surface area contributed by atoms with Crippen LogP contribution in [0.5, 0.6) is 11.5 Å². The van der Waals surface area contributed by atoms with E-state index in [0.29, 0.717) is 84.6 Å². The lowest BCUT2D eigenvalue weighted by Gasteiger charge is -2.26. The minimum Gasteiger partial charge on any atom is -0.491 e. The minimum absolute atomic E-state index is 0.0869. The number of aliphatic hydroxyl groups is 1. The Morgan fingerprint density at radius 3 is 2.40 bits per heavy atom. The number of rotatable bonds is 19. The number of nitrogen functional groups attached to an aromatic ring is 1. The second kappa shape index (κ2) is 18.2. The Kier molecular flexibility index (Phi) is 13.3. The number of hydrogen-bond acceptors (Lipinski definition) is 12. The molecule has 0 bridgehead atoms. The molecule has 2 aromatic heterocycles. The van der Waals surface area contributed by atoms with Gasteiger partial charge < -0.3 is 46.4 Å². The first-order valence-electron chi connectivity index (χ1n) is 17.6. The Hall–Kier alpha value is -5.65. The van der Waals surface area contributed by atoms with E-state index >= 15 is 0 Å². The Morgan fingerprint density at radius 2 is 1.68 bits per heavy atom. The van der Waals surface area contributed by atoms with Gasteiger partial charge in [-0.1, -0.05) is 12.2 Å². The van der Waals surface area contributed by atoms with E-state index in [1.165, 1.54) is 18.2 Å². The average molecular weight is 733 g/mol. The van der Waals surface area contributed by atoms with Crippen LogP contribution in [0.25, 0.3) is 11.0 Å². The molecule has 0 spiro atoms. The van der Waals surface area contributed by atoms with Crippen molar-refractivity contribution >= 4 is 46.1 Å². The predicted molar refractivity (Wildman–Crippen MR) is 200 cm³/mol. The van der Waals surface area contributed by atoms with Crippen molar-refractivity contribution in [3.63, 3.8) is 0 Å². The van der Waals surface area contributed by atoms with Gasteiger partial charge in [0.15, 0.2) is 0 Å². The SMILES string of the molecule is CCn1nc(C)cc1C(=O)Nc1nc2cc(C(N)=O)cc(OCCCO)c2n1C/C=C/CNc1c(N)cc(C(N)=O)cc1OCCCN1CCOCC1. The number of primary amides is 2. The molecule has 0 radical (unpaired) electrons. The molecule has 5 rings (SSSR count). The van der Waals surface area contributed by atoms with E-state index in [9.17, 15) is 19.5 Å². The highest BCUT2D eigenvalue weighted by atomic mass is 16.5. The third-order valence-corrected chi connectivity index (χ3v) is 8.56. The fourth-order valence-corrected chi connectivity index (χ4v) is 5.94. The number of carbonyl (C=O) groups excluding carboxylic acids is 3. The van der Waals surface area contributed by atoms with E-state index < -0.39 is 17.7 Å². The summed E-state index contributed by atoms with van der Waals surface area (Å²) < 4.78 is 20.9. The number of fused-ring (bicyclic) bond motifs is 1. The van der Waals surface area contributed by atoms with Gasteiger partial charge in [-0.15, -0.1) is 0 Å². The van der Waals surface area contributed by atoms with Crippen molar-refractivity contribution in [2.45, 2.75) is 39.8 Å². The van der Waals surface area contributed by atoms with Gasteiger partial charge in [0, 0.05) is 63.4 Å². The molecule has 1 aliphatic rings. The molecule has 17 heteroatoms. The van der Waals surface area contributed by atoms with Crippen LogP contribution in [0.3, 0.4) is 0 Å². The highest BCUT2D eigenvalue weighted by Crippen LogP contribution is 2.34. The first-order chi connectivity index (χ1) is 25.6. The summed E-state index contributed by atoms with van der Waals surface area (Å²) in [6, 6.07) is 7.84. The van der Waals surface area contributed by atoms with Crippen molar-refractivity contribution in [3.05, 3.63) is 65.0 Å². The summed E-state index contributed by atoms with van der Waals surface area (Å²) in [6.45, 7) is 9.26. The third kappa shape index (κ3) is 9.82. The number of aromatic nitrogens is 4. The lowest BCUT2D eigenvalue weighted by molar-refractivity contribution is 0.0358. The van der Waals surface area contributed by atoms with Crippen LogP contribution < -0.4 is 37.3 Å². The zero-order valence-electron chi connectivity index (χ0n) is 30.1. The molecule has 3 heterocycles. The number of allylic oxidation sites excluding steroid dienone is 1. The largest absolute Gasteiger partial charge is 0.491 e. The van der Waals surface area contributed by atoms with E-state index in [1.807, 2.05) is 19.1 Å². The summed E-state index contributed by atoms with van der Waals surface area (Å²) in [6.07, 6.45) is 4.85. The molecule has 17 nitrogen and oxygen atoms in total. The van der Waals surface area contributed by atoms with Gasteiger partial charge in [-0.05, 0) is 50.6 Å². The molecule has 1 fully saturated rings. The second-order valence-electron chi connectivity index (χ2n) is 12.4. The van der Waals surface area contributed by atoms with Crippen LogP contribution in [0.2, 0.25) is 0 Å². The Balaban J connectivity index is 1.37. The number of benzene rings is 2. The Bertz CT molecular complexity index is 1950. The van der Waals surface area contributed by atoms with Gasteiger partial charge >= 0.3 is 0 Å². The molecule has 0 atom stereocenters. The van der Waals surface area contributed by atoms with Crippen molar-refractivity contribution < 1.29 is 33.7 Å². The van der Waals surface area contributed by atoms with Crippen molar-refractivity contribution in [2.75, 3.05) is 75.6 Å². The Labute approximate surface area is 307 Å². The first-order valence-corrected chi connectivity index (χ1v) is 17.6. The van der Waals surface area contributed by atoms with Crippen LogP contribution in [0.1, 0.15) is 56.7 Å². The van der Waals surface area contributed by atoms with Gasteiger partial charge in [0.2, 0.25) is 17.8 Å². The number of aryl methyl sites for hydroxylation is 2. The van der Waals surface area contributed by atoms with Crippen LogP contribution in [-0.4, -0.2) is 106 Å². The molecule has 53 heavy (non-hydrogen) atoms. The molecule has 284 valence electrons. The third-order valence-electron chi connectivity index (χ3n) is 8.56. The maximum absolute atomic E-state index is 13.5. The number of nitrogens with two attached hydrogens (primary N) is 3. The fraction of sp³-hybridized carbons (Fsp3) is 0.417. The Morgan fingerprint density at radius 1 is 0.981 bits per heavy atom. The summed E-state index contributed by atoms with van der Waals surface area (Å²) in [5, 5.41) is 19.9. The molecular weight excluding hydrogens is 684 g/mol. The van der Waals surface area contributed by atoms with Crippen molar-refractivity contribution in [3.8, 4) is 11.5 Å². The van der Waals surface area contributed by atoms with Gasteiger partial charge in [0.25, 0.3) is 5.91 Å². The number of imidazole rings is 1. The lowest BCUT2D eigenvalue weighted by atomic mass is 10.1. The van der Waals surface area contributed by atoms with E-state index in [0.717, 1.165) is 26.1 Å². The summed E-state index contributed by atoms with van der Waals surface area (Å²) >= 11 is 0. The van der Waals surface area contributed by atoms with Crippen molar-refractivity contribution in [1.29, 1.82) is 0 Å². The minimum atomic E-state index is -0.670. The molecule has 1 saturated heterocycles. The first kappa shape index (κ1) is 38.6. The summed E-state index contributed by atoms with van der Waals surface area (Å²) in [7, 11) is 0. The molecule has 9 N–H and O–H groups in total. The van der Waals surface area contributed by atoms with Crippen LogP contribution in [0, 0.1) is 6.92 Å². The number of ether oxygens (including phenoxy) is 3. The van der Waals surface area contributed by atoms with Crippen LogP contribution in [0.4, 0.5) is 17.3 Å². The number of morpholine rings is 1. The molecule has 0 aliphatic carbocycles. The summed E-state index contributed by atoms with van der Waals surface area (Å²) in [5.41, 5.74) is 20.7. The molecule has 2 aromatic carbocycles. The highest BCUT2D eigenvalue weighted by Gasteiger charge is 2.22. The maximum Gasteiger partial charge on any atom is 0.276 e. The van der Waals surface area contributed by atoms with Crippen LogP contribution in [-0.2, 0) is 17.8 Å². The number of amides is 3. The normalized spacial score (nSPS) is 13.4. The zero-order valence-corrected chi connectivity index (χ0v) is 30.1. The van der Waals surface area contributed by atoms with E-state index in [2.05, 4.69) is 25.6 Å². The van der Waals surface area contributed by atoms with E-state index in [1.54, 1.807) is 28.3 Å². The monoisotopic (exact) mass is 732 g/mol. The maximum atomic E-state index is 13.5. The number of hydrogen-bond donors (Lipinski definition) is 6. The zero-order chi connectivity index (χ0) is 37.9. The van der Waals surface area contributed by atoms with E-state index in [-0.39, 0.29) is 36.8 Å². The standard InChI is InChI=1S/C36H48N10O7/c1-3-46-28(18-23(2)43-46)35(50)42-36-41-27-20-25(34(39)49)22-30(53-15-7-13-47)32(27)45(36)10-5-4-8-40-31-26(37)19-24(33(38)48)21-29(31)52-14-6-9-44-11-16-51-17-12-44/h4-5,18-22,40,47H,3,6-17,37H2,1-2H3,(H2,38,48)(H2,39,49)(H,41,42,50)/b5-4+. The summed E-state index contributed by atoms with van der Waals surface area (Å²) in [4.78, 5) is 44.7. The summed E-state index contributed by atoms with van der Waals surface area (Å²) in [5.74, 6) is -0.769. The van der Waals surface area contributed by atoms with Crippen molar-refractivity contribution in [2.24, 2.45) is 11.5 Å².